The van der Waals surface area contributed by atoms with Crippen LogP contribution in [0.25, 0.3) is 5.57 Å². The summed E-state index contributed by atoms with van der Waals surface area (Å²) in [5, 5.41) is 10.5. The molecule has 0 N–H and O–H groups in total. The number of carbonyl (C=O) groups excluding carboxylic acids is 1. The fourth-order valence-electron chi connectivity index (χ4n) is 1.29. The highest BCUT2D eigenvalue weighted by Gasteiger charge is 2.36. The minimum atomic E-state index is -4.83. The average molecular weight is 275 g/mol. The highest BCUT2D eigenvalue weighted by molar-refractivity contribution is 5.92. The van der Waals surface area contributed by atoms with Crippen LogP contribution in [-0.2, 0) is 9.53 Å². The Morgan fingerprint density at radius 2 is 2.05 bits per heavy atom. The monoisotopic (exact) mass is 275 g/mol. The lowest BCUT2D eigenvalue weighted by atomic mass is 10.0. The number of hydrogen-bond donors (Lipinski definition) is 0. The number of hydrogen-bond acceptors (Lipinski definition) is 4. The van der Waals surface area contributed by atoms with Crippen molar-refractivity contribution in [3.05, 3.63) is 46.0 Å². The van der Waals surface area contributed by atoms with Gasteiger partial charge in [0.25, 0.3) is 5.69 Å². The summed E-state index contributed by atoms with van der Waals surface area (Å²) in [4.78, 5) is 20.6. The van der Waals surface area contributed by atoms with Gasteiger partial charge in [-0.2, -0.15) is 13.2 Å². The van der Waals surface area contributed by atoms with Crippen LogP contribution in [-0.4, -0.2) is 24.2 Å². The number of allylic oxidation sites excluding steroid dienone is 1. The van der Waals surface area contributed by atoms with E-state index >= 15 is 0 Å². The summed E-state index contributed by atoms with van der Waals surface area (Å²) in [5.41, 5.74) is -2.28. The van der Waals surface area contributed by atoms with Gasteiger partial charge in [-0.3, -0.25) is 10.1 Å². The molecule has 0 atom stereocenters. The molecule has 0 aliphatic carbocycles. The molecule has 0 saturated heterocycles. The molecular formula is C11H8F3NO4. The molecule has 0 aliphatic heterocycles. The first kappa shape index (κ1) is 14.7. The summed E-state index contributed by atoms with van der Waals surface area (Å²) in [6.45, 7) is 0. The van der Waals surface area contributed by atoms with Gasteiger partial charge >= 0.3 is 12.1 Å². The number of halogens is 3. The van der Waals surface area contributed by atoms with Crippen LogP contribution in [0.3, 0.4) is 0 Å². The number of nitro groups is 1. The van der Waals surface area contributed by atoms with Crippen LogP contribution in [0.5, 0.6) is 0 Å². The zero-order valence-electron chi connectivity index (χ0n) is 9.60. The third-order valence-corrected chi connectivity index (χ3v) is 2.14. The van der Waals surface area contributed by atoms with Gasteiger partial charge in [0.1, 0.15) is 0 Å². The zero-order valence-corrected chi connectivity index (χ0v) is 9.60. The van der Waals surface area contributed by atoms with E-state index in [9.17, 15) is 28.1 Å². The van der Waals surface area contributed by atoms with Gasteiger partial charge in [0, 0.05) is 18.2 Å². The first-order valence-electron chi connectivity index (χ1n) is 4.87. The first-order chi connectivity index (χ1) is 8.75. The van der Waals surface area contributed by atoms with E-state index in [4.69, 9.17) is 0 Å². The van der Waals surface area contributed by atoms with Crippen molar-refractivity contribution in [1.82, 2.24) is 0 Å². The molecule has 0 unspecified atom stereocenters. The minimum absolute atomic E-state index is 0.249. The van der Waals surface area contributed by atoms with Crippen molar-refractivity contribution < 1.29 is 27.6 Å². The molecule has 19 heavy (non-hydrogen) atoms. The molecule has 5 nitrogen and oxygen atoms in total. The Hall–Kier alpha value is -2.38. The second kappa shape index (κ2) is 5.51. The highest BCUT2D eigenvalue weighted by Crippen LogP contribution is 2.35. The van der Waals surface area contributed by atoms with Crippen LogP contribution in [0.4, 0.5) is 18.9 Å². The Balaban J connectivity index is 3.34. The zero-order chi connectivity index (χ0) is 14.6. The van der Waals surface area contributed by atoms with Crippen molar-refractivity contribution >= 4 is 17.2 Å². The van der Waals surface area contributed by atoms with Crippen molar-refractivity contribution in [2.24, 2.45) is 0 Å². The topological polar surface area (TPSA) is 69.4 Å². The molecule has 102 valence electrons. The standard InChI is InChI=1S/C11H8F3NO4/c1-19-10(16)6-9(11(12,13)14)7-3-2-4-8(5-7)15(17)18/h2-6H,1H3/b9-6+. The predicted molar refractivity (Wildman–Crippen MR) is 59.1 cm³/mol. The second-order valence-electron chi connectivity index (χ2n) is 3.39. The Bertz CT molecular complexity index is 537. The summed E-state index contributed by atoms with van der Waals surface area (Å²) in [7, 11) is 0.931. The van der Waals surface area contributed by atoms with E-state index in [2.05, 4.69) is 4.74 Å². The van der Waals surface area contributed by atoms with E-state index < -0.39 is 33.9 Å². The first-order valence-corrected chi connectivity index (χ1v) is 4.87. The summed E-state index contributed by atoms with van der Waals surface area (Å²) >= 11 is 0. The summed E-state index contributed by atoms with van der Waals surface area (Å²) < 4.78 is 42.5. The van der Waals surface area contributed by atoms with Crippen LogP contribution in [0.15, 0.2) is 30.3 Å². The number of rotatable bonds is 3. The van der Waals surface area contributed by atoms with Gasteiger partial charge in [-0.1, -0.05) is 12.1 Å². The van der Waals surface area contributed by atoms with Crippen LogP contribution in [0.2, 0.25) is 0 Å². The molecule has 0 spiro atoms. The maximum absolute atomic E-state index is 12.8. The Kier molecular flexibility index (Phi) is 4.26. The molecular weight excluding hydrogens is 267 g/mol. The number of nitro benzene ring substituents is 1. The van der Waals surface area contributed by atoms with E-state index in [0.29, 0.717) is 0 Å². The lowest BCUT2D eigenvalue weighted by Gasteiger charge is -2.11. The molecule has 0 fully saturated rings. The van der Waals surface area contributed by atoms with E-state index in [1.54, 1.807) is 0 Å². The largest absolute Gasteiger partial charge is 0.466 e. The number of non-ortho nitro benzene ring substituents is 1. The van der Waals surface area contributed by atoms with Gasteiger partial charge in [-0.05, 0) is 5.56 Å². The van der Waals surface area contributed by atoms with Crippen LogP contribution in [0, 0.1) is 10.1 Å². The van der Waals surface area contributed by atoms with Gasteiger partial charge in [0.15, 0.2) is 0 Å². The molecule has 0 radical (unpaired) electrons. The number of ether oxygens (including phenoxy) is 1. The lowest BCUT2D eigenvalue weighted by molar-refractivity contribution is -0.384. The third-order valence-electron chi connectivity index (χ3n) is 2.14. The number of alkyl halides is 3. The van der Waals surface area contributed by atoms with Gasteiger partial charge < -0.3 is 4.74 Å². The molecule has 0 heterocycles. The van der Waals surface area contributed by atoms with E-state index in [0.717, 1.165) is 31.4 Å². The van der Waals surface area contributed by atoms with Gasteiger partial charge in [0.05, 0.1) is 17.6 Å². The van der Waals surface area contributed by atoms with Crippen molar-refractivity contribution in [2.45, 2.75) is 6.18 Å². The number of esters is 1. The number of nitrogens with zero attached hydrogens (tertiary/aromatic N) is 1. The van der Waals surface area contributed by atoms with Gasteiger partial charge in [-0.25, -0.2) is 4.79 Å². The summed E-state index contributed by atoms with van der Waals surface area (Å²) in [6.07, 6.45) is -4.58. The quantitative estimate of drug-likeness (QED) is 0.368. The Morgan fingerprint density at radius 1 is 1.42 bits per heavy atom. The van der Waals surface area contributed by atoms with Gasteiger partial charge in [-0.15, -0.1) is 0 Å². The van der Waals surface area contributed by atoms with Crippen molar-refractivity contribution in [1.29, 1.82) is 0 Å². The molecule has 1 aromatic rings. The summed E-state index contributed by atoms with van der Waals surface area (Å²) in [5.74, 6) is -1.20. The molecule has 0 saturated carbocycles. The fourth-order valence-corrected chi connectivity index (χ4v) is 1.29. The molecule has 0 aliphatic rings. The molecule has 0 bridgehead atoms. The highest BCUT2D eigenvalue weighted by atomic mass is 19.4. The van der Waals surface area contributed by atoms with Crippen LogP contribution in [0.1, 0.15) is 5.56 Å². The van der Waals surface area contributed by atoms with Crippen LogP contribution >= 0.6 is 0 Å². The molecule has 1 aromatic carbocycles. The fraction of sp³-hybridized carbons (Fsp3) is 0.182. The molecule has 0 amide bonds. The maximum atomic E-state index is 12.8. The van der Waals surface area contributed by atoms with Crippen molar-refractivity contribution in [3.63, 3.8) is 0 Å². The average Bonchev–Trinajstić information content (AvgIpc) is 2.34. The molecule has 1 rings (SSSR count). The molecule has 0 aromatic heterocycles. The lowest BCUT2D eigenvalue weighted by Crippen LogP contribution is -2.13. The van der Waals surface area contributed by atoms with E-state index in [1.165, 1.54) is 0 Å². The summed E-state index contributed by atoms with van der Waals surface area (Å²) in [6, 6.07) is 3.91. The van der Waals surface area contributed by atoms with Gasteiger partial charge in [0.2, 0.25) is 0 Å². The van der Waals surface area contributed by atoms with E-state index in [1.807, 2.05) is 0 Å². The number of benzene rings is 1. The Labute approximate surface area is 105 Å². The normalized spacial score (nSPS) is 12.1. The SMILES string of the molecule is COC(=O)/C=C(\c1cccc([N+](=O)[O-])c1)C(F)(F)F. The van der Waals surface area contributed by atoms with Crippen LogP contribution < -0.4 is 0 Å². The predicted octanol–water partition coefficient (Wildman–Crippen LogP) is 2.71. The number of methoxy groups -OCH3 is 1. The number of carbonyl (C=O) groups is 1. The van der Waals surface area contributed by atoms with E-state index in [-0.39, 0.29) is 6.08 Å². The molecule has 8 heteroatoms. The van der Waals surface area contributed by atoms with Crippen molar-refractivity contribution in [2.75, 3.05) is 7.11 Å². The smallest absolute Gasteiger partial charge is 0.417 e. The maximum Gasteiger partial charge on any atom is 0.417 e. The Morgan fingerprint density at radius 3 is 2.53 bits per heavy atom. The second-order valence-corrected chi connectivity index (χ2v) is 3.39. The minimum Gasteiger partial charge on any atom is -0.466 e. The van der Waals surface area contributed by atoms with Crippen molar-refractivity contribution in [3.8, 4) is 0 Å². The third kappa shape index (κ3) is 3.80.